The quantitative estimate of drug-likeness (QED) is 0.648. The van der Waals surface area contributed by atoms with Gasteiger partial charge in [-0.25, -0.2) is 4.98 Å². The van der Waals surface area contributed by atoms with Crippen LogP contribution in [0.25, 0.3) is 16.9 Å². The highest BCUT2D eigenvalue weighted by molar-refractivity contribution is 9.10. The van der Waals surface area contributed by atoms with Gasteiger partial charge in [-0.3, -0.25) is 4.40 Å². The van der Waals surface area contributed by atoms with Crippen molar-refractivity contribution in [3.05, 3.63) is 50.5 Å². The monoisotopic (exact) mass is 393 g/mol. The third kappa shape index (κ3) is 2.15. The Kier molecular flexibility index (Phi) is 3.34. The van der Waals surface area contributed by atoms with E-state index in [4.69, 9.17) is 5.73 Å². The third-order valence-electron chi connectivity index (χ3n) is 3.32. The van der Waals surface area contributed by atoms with Crippen LogP contribution in [0.4, 0.5) is 5.82 Å². The molecule has 0 amide bonds. The summed E-state index contributed by atoms with van der Waals surface area (Å²) in [7, 11) is 0. The summed E-state index contributed by atoms with van der Waals surface area (Å²) >= 11 is 7.12. The topological polar surface area (TPSA) is 43.3 Å². The Hall–Kier alpha value is -1.33. The molecule has 102 valence electrons. The van der Waals surface area contributed by atoms with Crippen LogP contribution in [0.5, 0.6) is 0 Å². The number of fused-ring (bicyclic) bond motifs is 1. The molecular formula is C15H13Br2N3. The van der Waals surface area contributed by atoms with Gasteiger partial charge in [-0.15, -0.1) is 0 Å². The molecule has 2 heterocycles. The van der Waals surface area contributed by atoms with E-state index >= 15 is 0 Å². The number of imidazole rings is 1. The second-order valence-corrected chi connectivity index (χ2v) is 6.57. The van der Waals surface area contributed by atoms with Crippen LogP contribution in [0.15, 0.2) is 39.4 Å². The zero-order valence-electron chi connectivity index (χ0n) is 11.1. The van der Waals surface area contributed by atoms with Crippen molar-refractivity contribution >= 4 is 43.3 Å². The predicted octanol–water partition coefficient (Wildman–Crippen LogP) is 4.73. The largest absolute Gasteiger partial charge is 0.383 e. The molecule has 0 spiro atoms. The lowest BCUT2D eigenvalue weighted by atomic mass is 10.1. The number of rotatable bonds is 1. The molecule has 0 aliphatic carbocycles. The summed E-state index contributed by atoms with van der Waals surface area (Å²) in [6.07, 6.45) is 1.96. The van der Waals surface area contributed by atoms with Gasteiger partial charge in [0.05, 0.1) is 0 Å². The molecule has 20 heavy (non-hydrogen) atoms. The first-order chi connectivity index (χ1) is 9.47. The van der Waals surface area contributed by atoms with Crippen LogP contribution in [0.2, 0.25) is 0 Å². The number of aryl methyl sites for hydroxylation is 2. The minimum atomic E-state index is 0.644. The van der Waals surface area contributed by atoms with E-state index in [2.05, 4.69) is 55.9 Å². The van der Waals surface area contributed by atoms with Crippen molar-refractivity contribution in [2.24, 2.45) is 0 Å². The number of nitrogens with two attached hydrogens (primary N) is 1. The van der Waals surface area contributed by atoms with Crippen molar-refractivity contribution in [3.8, 4) is 11.3 Å². The van der Waals surface area contributed by atoms with Crippen LogP contribution >= 0.6 is 31.9 Å². The van der Waals surface area contributed by atoms with E-state index in [0.717, 1.165) is 31.4 Å². The Morgan fingerprint density at radius 3 is 2.55 bits per heavy atom. The maximum absolute atomic E-state index is 6.26. The molecule has 2 aromatic heterocycles. The number of pyridine rings is 1. The number of aromatic nitrogens is 2. The van der Waals surface area contributed by atoms with Gasteiger partial charge in [-0.1, -0.05) is 28.1 Å². The van der Waals surface area contributed by atoms with Crippen molar-refractivity contribution in [1.82, 2.24) is 9.38 Å². The Balaban J connectivity index is 2.29. The van der Waals surface area contributed by atoms with Crippen LogP contribution in [0, 0.1) is 13.8 Å². The Labute approximate surface area is 134 Å². The first-order valence-electron chi connectivity index (χ1n) is 6.17. The molecule has 5 heteroatoms. The lowest BCUT2D eigenvalue weighted by Crippen LogP contribution is -1.95. The van der Waals surface area contributed by atoms with Gasteiger partial charge < -0.3 is 5.73 Å². The van der Waals surface area contributed by atoms with Crippen LogP contribution in [-0.4, -0.2) is 9.38 Å². The molecular weight excluding hydrogens is 382 g/mol. The third-order valence-corrected chi connectivity index (χ3v) is 4.81. The number of halogens is 2. The predicted molar refractivity (Wildman–Crippen MR) is 89.9 cm³/mol. The maximum atomic E-state index is 6.26. The summed E-state index contributed by atoms with van der Waals surface area (Å²) in [5.74, 6) is 0.644. The number of nitrogens with zero attached hydrogens (tertiary/aromatic N) is 2. The summed E-state index contributed by atoms with van der Waals surface area (Å²) < 4.78 is 3.92. The molecule has 0 aliphatic heterocycles. The van der Waals surface area contributed by atoms with E-state index in [0.29, 0.717) is 5.82 Å². The number of benzene rings is 1. The average Bonchev–Trinajstić information content (AvgIpc) is 2.68. The van der Waals surface area contributed by atoms with E-state index in [9.17, 15) is 0 Å². The molecule has 0 unspecified atom stereocenters. The van der Waals surface area contributed by atoms with Crippen molar-refractivity contribution < 1.29 is 0 Å². The van der Waals surface area contributed by atoms with Gasteiger partial charge in [0.1, 0.15) is 17.2 Å². The van der Waals surface area contributed by atoms with E-state index in [1.807, 2.05) is 29.7 Å². The highest BCUT2D eigenvalue weighted by atomic mass is 79.9. The molecule has 0 saturated carbocycles. The summed E-state index contributed by atoms with van der Waals surface area (Å²) in [6, 6.07) is 8.19. The molecule has 3 aromatic rings. The van der Waals surface area contributed by atoms with Crippen LogP contribution in [0.3, 0.4) is 0 Å². The molecule has 3 rings (SSSR count). The summed E-state index contributed by atoms with van der Waals surface area (Å²) in [6.45, 7) is 4.10. The van der Waals surface area contributed by atoms with Crippen LogP contribution < -0.4 is 5.73 Å². The van der Waals surface area contributed by atoms with E-state index < -0.39 is 0 Å². The van der Waals surface area contributed by atoms with Gasteiger partial charge in [0.2, 0.25) is 0 Å². The zero-order chi connectivity index (χ0) is 14.4. The fraction of sp³-hybridized carbons (Fsp3) is 0.133. The smallest absolute Gasteiger partial charge is 0.139 e. The van der Waals surface area contributed by atoms with Crippen molar-refractivity contribution in [2.45, 2.75) is 13.8 Å². The zero-order valence-corrected chi connectivity index (χ0v) is 14.3. The minimum absolute atomic E-state index is 0.644. The summed E-state index contributed by atoms with van der Waals surface area (Å²) in [4.78, 5) is 4.66. The van der Waals surface area contributed by atoms with Gasteiger partial charge in [0, 0.05) is 20.7 Å². The first kappa shape index (κ1) is 13.6. The molecule has 0 radical (unpaired) electrons. The highest BCUT2D eigenvalue weighted by Crippen LogP contribution is 2.33. The average molecular weight is 395 g/mol. The highest BCUT2D eigenvalue weighted by Gasteiger charge is 2.14. The summed E-state index contributed by atoms with van der Waals surface area (Å²) in [5, 5.41) is 0. The first-order valence-corrected chi connectivity index (χ1v) is 7.76. The van der Waals surface area contributed by atoms with Gasteiger partial charge in [-0.2, -0.15) is 0 Å². The van der Waals surface area contributed by atoms with E-state index in [1.165, 1.54) is 5.56 Å². The molecule has 3 nitrogen and oxygen atoms in total. The number of hydrogen-bond donors (Lipinski definition) is 1. The second-order valence-electron chi connectivity index (χ2n) is 4.86. The lowest BCUT2D eigenvalue weighted by Gasteiger charge is -2.04. The summed E-state index contributed by atoms with van der Waals surface area (Å²) in [5.41, 5.74) is 11.2. The fourth-order valence-electron chi connectivity index (χ4n) is 2.19. The Bertz CT molecular complexity index is 822. The SMILES string of the molecule is Cc1ccc(-c2nc3cc(C)c(Br)cn3c2N)c(Br)c1. The Morgan fingerprint density at radius 1 is 1.10 bits per heavy atom. The molecule has 0 fully saturated rings. The van der Waals surface area contributed by atoms with Gasteiger partial charge >= 0.3 is 0 Å². The van der Waals surface area contributed by atoms with E-state index in [1.54, 1.807) is 0 Å². The number of nitrogen functional groups attached to an aromatic ring is 1. The number of hydrogen-bond acceptors (Lipinski definition) is 2. The molecule has 2 N–H and O–H groups in total. The minimum Gasteiger partial charge on any atom is -0.383 e. The van der Waals surface area contributed by atoms with Crippen molar-refractivity contribution in [3.63, 3.8) is 0 Å². The molecule has 0 atom stereocenters. The fourth-order valence-corrected chi connectivity index (χ4v) is 3.19. The molecule has 0 saturated heterocycles. The van der Waals surface area contributed by atoms with Crippen molar-refractivity contribution in [2.75, 3.05) is 5.73 Å². The molecule has 0 aliphatic rings. The lowest BCUT2D eigenvalue weighted by molar-refractivity contribution is 1.16. The maximum Gasteiger partial charge on any atom is 0.139 e. The van der Waals surface area contributed by atoms with Gasteiger partial charge in [0.15, 0.2) is 0 Å². The van der Waals surface area contributed by atoms with Crippen LogP contribution in [-0.2, 0) is 0 Å². The standard InChI is InChI=1S/C15H13Br2N3/c1-8-3-4-10(11(16)5-8)14-15(18)20-7-12(17)9(2)6-13(20)19-14/h3-7H,18H2,1-2H3. The Morgan fingerprint density at radius 2 is 1.85 bits per heavy atom. The normalized spacial score (nSPS) is 11.2. The second kappa shape index (κ2) is 4.90. The van der Waals surface area contributed by atoms with Gasteiger partial charge in [-0.05, 0) is 53.0 Å². The van der Waals surface area contributed by atoms with Crippen molar-refractivity contribution in [1.29, 1.82) is 0 Å². The van der Waals surface area contributed by atoms with E-state index in [-0.39, 0.29) is 0 Å². The molecule has 0 bridgehead atoms. The van der Waals surface area contributed by atoms with Gasteiger partial charge in [0.25, 0.3) is 0 Å². The van der Waals surface area contributed by atoms with Crippen LogP contribution in [0.1, 0.15) is 11.1 Å². The molecule has 1 aromatic carbocycles. The number of anilines is 1.